The van der Waals surface area contributed by atoms with Gasteiger partial charge in [0.15, 0.2) is 17.7 Å². The molecule has 4 aromatic carbocycles. The first-order chi connectivity index (χ1) is 22.0. The second-order valence-electron chi connectivity index (χ2n) is 12.1. The minimum atomic E-state index is 0.0264. The summed E-state index contributed by atoms with van der Waals surface area (Å²) in [4.78, 5) is 15.0. The van der Waals surface area contributed by atoms with Crippen LogP contribution in [-0.4, -0.2) is 37.5 Å². The second kappa shape index (κ2) is 12.7. The molecule has 45 heavy (non-hydrogen) atoms. The van der Waals surface area contributed by atoms with Gasteiger partial charge >= 0.3 is 0 Å². The van der Waals surface area contributed by atoms with Gasteiger partial charge in [-0.05, 0) is 70.8 Å². The first-order valence-corrected chi connectivity index (χ1v) is 15.9. The average molecular weight is 598 g/mol. The number of ether oxygens (including phenoxy) is 3. The van der Waals surface area contributed by atoms with Crippen molar-refractivity contribution in [1.82, 2.24) is 0 Å². The van der Waals surface area contributed by atoms with Crippen LogP contribution in [0, 0.1) is 20.8 Å². The molecule has 3 heterocycles. The maximum Gasteiger partial charge on any atom is 0.188 e. The molecule has 0 aromatic heterocycles. The van der Waals surface area contributed by atoms with Gasteiger partial charge in [-0.1, -0.05) is 91.0 Å². The van der Waals surface area contributed by atoms with E-state index in [-0.39, 0.29) is 18.1 Å². The van der Waals surface area contributed by atoms with E-state index in [1.807, 2.05) is 18.2 Å². The third-order valence-electron chi connectivity index (χ3n) is 9.38. The van der Waals surface area contributed by atoms with Crippen molar-refractivity contribution in [1.29, 1.82) is 0 Å². The van der Waals surface area contributed by atoms with Crippen LogP contribution >= 0.6 is 0 Å². The highest BCUT2D eigenvalue weighted by Gasteiger charge is 2.28. The molecule has 0 spiro atoms. The van der Waals surface area contributed by atoms with Crippen molar-refractivity contribution in [3.8, 4) is 0 Å². The molecule has 0 saturated carbocycles. The summed E-state index contributed by atoms with van der Waals surface area (Å²) in [6.07, 6.45) is 1.92. The van der Waals surface area contributed by atoms with Crippen molar-refractivity contribution in [2.45, 2.75) is 58.2 Å². The van der Waals surface area contributed by atoms with Crippen molar-refractivity contribution in [2.24, 2.45) is 15.0 Å². The molecule has 4 aromatic rings. The Morgan fingerprint density at radius 2 is 0.711 bits per heavy atom. The molecule has 6 nitrogen and oxygen atoms in total. The second-order valence-corrected chi connectivity index (χ2v) is 12.1. The fourth-order valence-electron chi connectivity index (χ4n) is 6.74. The smallest absolute Gasteiger partial charge is 0.188 e. The topological polar surface area (TPSA) is 64.8 Å². The molecule has 3 aliphatic heterocycles. The molecule has 3 atom stereocenters. The molecule has 0 radical (unpaired) electrons. The molecular formula is C39H39N3O3. The van der Waals surface area contributed by atoms with Gasteiger partial charge in [-0.25, -0.2) is 15.0 Å². The molecule has 228 valence electrons. The normalized spacial score (nSPS) is 20.6. The first kappa shape index (κ1) is 29.0. The van der Waals surface area contributed by atoms with Gasteiger partial charge in [-0.15, -0.1) is 0 Å². The lowest BCUT2D eigenvalue weighted by Crippen LogP contribution is -2.16. The van der Waals surface area contributed by atoms with E-state index >= 15 is 0 Å². The third-order valence-corrected chi connectivity index (χ3v) is 9.38. The Hall–Kier alpha value is -4.71. The molecule has 0 N–H and O–H groups in total. The molecule has 3 aliphatic rings. The monoisotopic (exact) mass is 597 g/mol. The number of aliphatic imine (C=N–C) groups is 3. The predicted octanol–water partition coefficient (Wildman–Crippen LogP) is 7.75. The van der Waals surface area contributed by atoms with Gasteiger partial charge in [0.05, 0.1) is 0 Å². The highest BCUT2D eigenvalue weighted by atomic mass is 16.5. The van der Waals surface area contributed by atoms with E-state index in [0.29, 0.717) is 39.1 Å². The van der Waals surface area contributed by atoms with Crippen LogP contribution in [0.4, 0.5) is 0 Å². The Morgan fingerprint density at radius 3 is 0.978 bits per heavy atom. The molecule has 0 unspecified atom stereocenters. The zero-order chi connectivity index (χ0) is 30.8. The highest BCUT2D eigenvalue weighted by molar-refractivity contribution is 5.86. The van der Waals surface area contributed by atoms with Crippen LogP contribution in [0.5, 0.6) is 0 Å². The maximum atomic E-state index is 6.19. The van der Waals surface area contributed by atoms with E-state index < -0.39 is 0 Å². The maximum absolute atomic E-state index is 6.19. The lowest BCUT2D eigenvalue weighted by molar-refractivity contribution is 0.313. The molecule has 0 aliphatic carbocycles. The number of hydrogen-bond acceptors (Lipinski definition) is 6. The third kappa shape index (κ3) is 6.15. The van der Waals surface area contributed by atoms with Gasteiger partial charge < -0.3 is 14.2 Å². The predicted molar refractivity (Wildman–Crippen MR) is 179 cm³/mol. The molecule has 0 bridgehead atoms. The van der Waals surface area contributed by atoms with E-state index in [9.17, 15) is 0 Å². The van der Waals surface area contributed by atoms with E-state index in [1.165, 1.54) is 50.1 Å². The van der Waals surface area contributed by atoms with Crippen molar-refractivity contribution >= 4 is 17.7 Å². The SMILES string of the molecule is Cc1c(CC2=N[C@H](c3ccccc3)CO2)c(C)c(CC2=N[C@@H](c3ccccc3)CO2)c(C)c1CC1=N[C@@H](c2ccccc2)CO1. The molecule has 6 heteroatoms. The average Bonchev–Trinajstić information content (AvgIpc) is 3.87. The van der Waals surface area contributed by atoms with Crippen molar-refractivity contribution in [3.63, 3.8) is 0 Å². The van der Waals surface area contributed by atoms with Crippen molar-refractivity contribution < 1.29 is 14.2 Å². The molecule has 0 saturated heterocycles. The number of benzene rings is 4. The van der Waals surface area contributed by atoms with E-state index in [1.54, 1.807) is 0 Å². The first-order valence-electron chi connectivity index (χ1n) is 15.9. The standard InChI is InChI=1S/C39H39N3O3/c1-25-31(19-37-40-34(22-43-37)28-13-7-4-8-14-28)26(2)33(21-39-42-36(24-45-39)30-17-11-6-12-18-30)27(3)32(25)20-38-41-35(23-44-38)29-15-9-5-10-16-29/h4-18,34-36H,19-24H2,1-3H3/t34-,35-,36+/m1/s1. The van der Waals surface area contributed by atoms with Gasteiger partial charge in [0.1, 0.15) is 37.9 Å². The summed E-state index contributed by atoms with van der Waals surface area (Å²) in [5.41, 5.74) is 11.0. The summed E-state index contributed by atoms with van der Waals surface area (Å²) in [6.45, 7) is 8.37. The van der Waals surface area contributed by atoms with Crippen LogP contribution < -0.4 is 0 Å². The fraction of sp³-hybridized carbons (Fsp3) is 0.308. The van der Waals surface area contributed by atoms with Crippen LogP contribution in [0.1, 0.15) is 68.2 Å². The van der Waals surface area contributed by atoms with Crippen LogP contribution in [0.3, 0.4) is 0 Å². The van der Waals surface area contributed by atoms with Crippen LogP contribution in [0.25, 0.3) is 0 Å². The van der Waals surface area contributed by atoms with Crippen LogP contribution in [0.2, 0.25) is 0 Å². The summed E-state index contributed by atoms with van der Waals surface area (Å²) in [7, 11) is 0. The number of hydrogen-bond donors (Lipinski definition) is 0. The van der Waals surface area contributed by atoms with Gasteiger partial charge in [-0.3, -0.25) is 0 Å². The number of nitrogens with zero attached hydrogens (tertiary/aromatic N) is 3. The van der Waals surface area contributed by atoms with Crippen LogP contribution in [-0.2, 0) is 33.5 Å². The summed E-state index contributed by atoms with van der Waals surface area (Å²) in [5, 5.41) is 0. The summed E-state index contributed by atoms with van der Waals surface area (Å²) >= 11 is 0. The summed E-state index contributed by atoms with van der Waals surface area (Å²) in [5.74, 6) is 2.36. The van der Waals surface area contributed by atoms with E-state index in [2.05, 4.69) is 93.6 Å². The lowest BCUT2D eigenvalue weighted by Gasteiger charge is -2.22. The van der Waals surface area contributed by atoms with E-state index in [4.69, 9.17) is 29.2 Å². The largest absolute Gasteiger partial charge is 0.478 e. The van der Waals surface area contributed by atoms with E-state index in [0.717, 1.165) is 17.7 Å². The Bertz CT molecular complexity index is 1530. The summed E-state index contributed by atoms with van der Waals surface area (Å²) < 4.78 is 18.6. The summed E-state index contributed by atoms with van der Waals surface area (Å²) in [6, 6.07) is 31.2. The zero-order valence-corrected chi connectivity index (χ0v) is 26.2. The van der Waals surface area contributed by atoms with Gasteiger partial charge in [0.25, 0.3) is 0 Å². The van der Waals surface area contributed by atoms with Crippen molar-refractivity contribution in [3.05, 3.63) is 141 Å². The van der Waals surface area contributed by atoms with Gasteiger partial charge in [-0.2, -0.15) is 0 Å². The van der Waals surface area contributed by atoms with Gasteiger partial charge in [0, 0.05) is 19.3 Å². The Labute approximate surface area is 265 Å². The molecule has 0 amide bonds. The Morgan fingerprint density at radius 1 is 0.444 bits per heavy atom. The Kier molecular flexibility index (Phi) is 8.21. The minimum Gasteiger partial charge on any atom is -0.478 e. The quantitative estimate of drug-likeness (QED) is 0.198. The highest BCUT2D eigenvalue weighted by Crippen LogP contribution is 2.34. The molecular weight excluding hydrogens is 558 g/mol. The zero-order valence-electron chi connectivity index (χ0n) is 26.2. The van der Waals surface area contributed by atoms with Crippen molar-refractivity contribution in [2.75, 3.05) is 19.8 Å². The minimum absolute atomic E-state index is 0.0264. The molecule has 7 rings (SSSR count). The number of rotatable bonds is 9. The fourth-order valence-corrected chi connectivity index (χ4v) is 6.74. The Balaban J connectivity index is 1.22. The van der Waals surface area contributed by atoms with Crippen LogP contribution in [0.15, 0.2) is 106 Å². The molecule has 0 fully saturated rings. The van der Waals surface area contributed by atoms with Gasteiger partial charge in [0.2, 0.25) is 0 Å². The lowest BCUT2D eigenvalue weighted by atomic mass is 9.84.